The zero-order valence-corrected chi connectivity index (χ0v) is 12.4. The zero-order valence-electron chi connectivity index (χ0n) is 11.6. The highest BCUT2D eigenvalue weighted by Crippen LogP contribution is 2.23. The second-order valence-electron chi connectivity index (χ2n) is 5.18. The Balaban J connectivity index is 2.65. The van der Waals surface area contributed by atoms with Crippen molar-refractivity contribution in [3.63, 3.8) is 0 Å². The van der Waals surface area contributed by atoms with Crippen molar-refractivity contribution in [1.29, 1.82) is 0 Å². The zero-order chi connectivity index (χ0) is 14.6. The van der Waals surface area contributed by atoms with Crippen LogP contribution in [0.25, 0.3) is 0 Å². The van der Waals surface area contributed by atoms with Gasteiger partial charge in [0.15, 0.2) is 0 Å². The molecule has 0 aliphatic carbocycles. The summed E-state index contributed by atoms with van der Waals surface area (Å²) in [5, 5.41) is 0. The van der Waals surface area contributed by atoms with Gasteiger partial charge < -0.3 is 10.5 Å². The van der Waals surface area contributed by atoms with Crippen LogP contribution >= 0.6 is 0 Å². The summed E-state index contributed by atoms with van der Waals surface area (Å²) in [7, 11) is -3.84. The Morgan fingerprint density at radius 3 is 2.68 bits per heavy atom. The summed E-state index contributed by atoms with van der Waals surface area (Å²) < 4.78 is 32.0. The van der Waals surface area contributed by atoms with Gasteiger partial charge in [-0.2, -0.15) is 12.7 Å². The number of nitrogens with two attached hydrogens (primary N) is 1. The number of piperidine rings is 1. The molecule has 1 fully saturated rings. The Morgan fingerprint density at radius 2 is 2.16 bits per heavy atom. The highest BCUT2D eigenvalue weighted by Gasteiger charge is 2.33. The molecule has 0 spiro atoms. The lowest BCUT2D eigenvalue weighted by atomic mass is 9.88. The van der Waals surface area contributed by atoms with Gasteiger partial charge >= 0.3 is 16.3 Å². The van der Waals surface area contributed by atoms with Crippen LogP contribution in [0.1, 0.15) is 27.2 Å². The summed E-state index contributed by atoms with van der Waals surface area (Å²) in [6.07, 6.45) is -0.576. The maximum Gasteiger partial charge on any atom is 0.422 e. The number of hydrogen-bond donors (Lipinski definition) is 2. The summed E-state index contributed by atoms with van der Waals surface area (Å²) in [5.74, 6) is 0.505. The predicted octanol–water partition coefficient (Wildman–Crippen LogP) is 0.283. The van der Waals surface area contributed by atoms with Crippen molar-refractivity contribution < 1.29 is 17.9 Å². The molecule has 112 valence electrons. The molecule has 0 aromatic rings. The quantitative estimate of drug-likeness (QED) is 0.775. The number of hydrogen-bond acceptors (Lipinski definition) is 5. The molecule has 2 atom stereocenters. The number of rotatable bonds is 4. The van der Waals surface area contributed by atoms with Crippen LogP contribution in [0.5, 0.6) is 0 Å². The first-order valence-corrected chi connectivity index (χ1v) is 7.88. The average Bonchev–Trinajstić information content (AvgIpc) is 2.27. The second kappa shape index (κ2) is 6.53. The Kier molecular flexibility index (Phi) is 5.57. The lowest BCUT2D eigenvalue weighted by Crippen LogP contribution is -2.51. The van der Waals surface area contributed by atoms with E-state index in [1.165, 1.54) is 4.31 Å². The van der Waals surface area contributed by atoms with Crippen molar-refractivity contribution in [1.82, 2.24) is 9.03 Å². The van der Waals surface area contributed by atoms with E-state index in [0.29, 0.717) is 25.6 Å². The minimum absolute atomic E-state index is 0.117. The SMILES string of the molecule is CC(C)OC(=O)NS(=O)(=O)N1CCC(C)C(CN)C1. The van der Waals surface area contributed by atoms with Crippen molar-refractivity contribution >= 4 is 16.3 Å². The van der Waals surface area contributed by atoms with Gasteiger partial charge in [-0.05, 0) is 38.6 Å². The van der Waals surface area contributed by atoms with Crippen LogP contribution < -0.4 is 10.5 Å². The molecule has 1 rings (SSSR count). The summed E-state index contributed by atoms with van der Waals surface area (Å²) in [4.78, 5) is 11.4. The summed E-state index contributed by atoms with van der Waals surface area (Å²) in [6, 6.07) is 0. The fourth-order valence-corrected chi connectivity index (χ4v) is 3.17. The minimum Gasteiger partial charge on any atom is -0.446 e. The van der Waals surface area contributed by atoms with Crippen LogP contribution in [0, 0.1) is 11.8 Å². The average molecular weight is 293 g/mol. The maximum atomic E-state index is 12.0. The molecule has 1 aliphatic heterocycles. The van der Waals surface area contributed by atoms with Crippen LogP contribution in [0.15, 0.2) is 0 Å². The first-order chi connectivity index (χ1) is 8.76. The number of nitrogens with one attached hydrogen (secondary N) is 1. The van der Waals surface area contributed by atoms with Gasteiger partial charge in [0.2, 0.25) is 0 Å². The molecule has 1 heterocycles. The molecule has 3 N–H and O–H groups in total. The molecule has 0 bridgehead atoms. The highest BCUT2D eigenvalue weighted by atomic mass is 32.2. The third kappa shape index (κ3) is 4.63. The normalized spacial score (nSPS) is 25.3. The molecular weight excluding hydrogens is 270 g/mol. The molecule has 0 radical (unpaired) electrons. The van der Waals surface area contributed by atoms with Gasteiger partial charge in [0.05, 0.1) is 6.10 Å². The standard InChI is InChI=1S/C11H23N3O4S/c1-8(2)18-11(15)13-19(16,17)14-5-4-9(3)10(6-12)7-14/h8-10H,4-7,12H2,1-3H3,(H,13,15). The Bertz CT molecular complexity index is 410. The van der Waals surface area contributed by atoms with Gasteiger partial charge in [-0.1, -0.05) is 6.92 Å². The fraction of sp³-hybridized carbons (Fsp3) is 0.909. The first-order valence-electron chi connectivity index (χ1n) is 6.44. The van der Waals surface area contributed by atoms with E-state index in [1.807, 2.05) is 4.72 Å². The third-order valence-electron chi connectivity index (χ3n) is 3.27. The molecule has 0 saturated carbocycles. The van der Waals surface area contributed by atoms with E-state index in [0.717, 1.165) is 6.42 Å². The topological polar surface area (TPSA) is 102 Å². The van der Waals surface area contributed by atoms with Gasteiger partial charge in [0.25, 0.3) is 0 Å². The molecule has 8 heteroatoms. The van der Waals surface area contributed by atoms with Gasteiger partial charge in [-0.15, -0.1) is 0 Å². The Hall–Kier alpha value is -0.860. The fourth-order valence-electron chi connectivity index (χ4n) is 2.05. The molecule has 2 unspecified atom stereocenters. The molecule has 1 saturated heterocycles. The number of ether oxygens (including phenoxy) is 1. The van der Waals surface area contributed by atoms with E-state index in [2.05, 4.69) is 6.92 Å². The van der Waals surface area contributed by atoms with Crippen LogP contribution in [0.2, 0.25) is 0 Å². The van der Waals surface area contributed by atoms with Gasteiger partial charge in [0.1, 0.15) is 0 Å². The van der Waals surface area contributed by atoms with Crippen LogP contribution in [0.3, 0.4) is 0 Å². The molecule has 1 amide bonds. The Morgan fingerprint density at radius 1 is 1.53 bits per heavy atom. The van der Waals surface area contributed by atoms with Gasteiger partial charge in [-0.3, -0.25) is 0 Å². The van der Waals surface area contributed by atoms with Gasteiger partial charge in [0, 0.05) is 13.1 Å². The first kappa shape index (κ1) is 16.2. The minimum atomic E-state index is -3.84. The third-order valence-corrected chi connectivity index (χ3v) is 4.71. The van der Waals surface area contributed by atoms with Crippen molar-refractivity contribution in [2.75, 3.05) is 19.6 Å². The molecule has 1 aliphatic rings. The van der Waals surface area contributed by atoms with Crippen molar-refractivity contribution in [3.8, 4) is 0 Å². The van der Waals surface area contributed by atoms with Crippen molar-refractivity contribution in [2.24, 2.45) is 17.6 Å². The molecule has 7 nitrogen and oxygen atoms in total. The largest absolute Gasteiger partial charge is 0.446 e. The van der Waals surface area contributed by atoms with Crippen molar-refractivity contribution in [2.45, 2.75) is 33.3 Å². The molecule has 0 aromatic heterocycles. The molecule has 0 aromatic carbocycles. The van der Waals surface area contributed by atoms with E-state index in [9.17, 15) is 13.2 Å². The number of nitrogens with zero attached hydrogens (tertiary/aromatic N) is 1. The molecule has 19 heavy (non-hydrogen) atoms. The highest BCUT2D eigenvalue weighted by molar-refractivity contribution is 7.87. The van der Waals surface area contributed by atoms with Crippen molar-refractivity contribution in [3.05, 3.63) is 0 Å². The van der Waals surface area contributed by atoms with Crippen LogP contribution in [-0.2, 0) is 14.9 Å². The summed E-state index contributed by atoms with van der Waals surface area (Å²) >= 11 is 0. The summed E-state index contributed by atoms with van der Waals surface area (Å²) in [5.41, 5.74) is 5.63. The van der Waals surface area contributed by atoms with E-state index in [4.69, 9.17) is 10.5 Å². The van der Waals surface area contributed by atoms with E-state index >= 15 is 0 Å². The Labute approximate surface area is 114 Å². The maximum absolute atomic E-state index is 12.0. The smallest absolute Gasteiger partial charge is 0.422 e. The number of carbonyl (C=O) groups is 1. The summed E-state index contributed by atoms with van der Waals surface area (Å²) in [6.45, 7) is 6.52. The van der Waals surface area contributed by atoms with Crippen LogP contribution in [-0.4, -0.2) is 44.6 Å². The lowest BCUT2D eigenvalue weighted by molar-refractivity contribution is 0.120. The predicted molar refractivity (Wildman–Crippen MR) is 71.6 cm³/mol. The second-order valence-corrected chi connectivity index (χ2v) is 6.85. The molecular formula is C11H23N3O4S. The number of carbonyl (C=O) groups excluding carboxylic acids is 1. The van der Waals surface area contributed by atoms with E-state index in [-0.39, 0.29) is 12.0 Å². The van der Waals surface area contributed by atoms with Crippen LogP contribution in [0.4, 0.5) is 4.79 Å². The number of amides is 1. The monoisotopic (exact) mass is 293 g/mol. The lowest BCUT2D eigenvalue weighted by Gasteiger charge is -2.35. The van der Waals surface area contributed by atoms with Gasteiger partial charge in [-0.25, -0.2) is 9.52 Å². The van der Waals surface area contributed by atoms with E-state index in [1.54, 1.807) is 13.8 Å². The van der Waals surface area contributed by atoms with E-state index < -0.39 is 16.3 Å².